The Morgan fingerprint density at radius 2 is 2.08 bits per heavy atom. The third-order valence-electron chi connectivity index (χ3n) is 6.29. The average molecular weight is 342 g/mol. The molecule has 0 aromatic heterocycles. The van der Waals surface area contributed by atoms with Crippen LogP contribution in [-0.2, 0) is 16.0 Å². The van der Waals surface area contributed by atoms with Crippen molar-refractivity contribution in [2.45, 2.75) is 70.1 Å². The van der Waals surface area contributed by atoms with Crippen molar-refractivity contribution in [1.29, 1.82) is 0 Å². The third-order valence-corrected chi connectivity index (χ3v) is 6.29. The first-order chi connectivity index (χ1) is 12.1. The zero-order valence-electron chi connectivity index (χ0n) is 15.5. The van der Waals surface area contributed by atoms with E-state index in [-0.39, 0.29) is 18.1 Å². The van der Waals surface area contributed by atoms with Crippen LogP contribution in [0.4, 0.5) is 5.69 Å². The van der Waals surface area contributed by atoms with Gasteiger partial charge in [-0.1, -0.05) is 25.0 Å². The van der Waals surface area contributed by atoms with Gasteiger partial charge in [-0.2, -0.15) is 0 Å². The number of nitrogens with one attached hydrogen (secondary N) is 1. The molecule has 0 spiro atoms. The van der Waals surface area contributed by atoms with Crippen LogP contribution in [0.5, 0.6) is 0 Å². The molecule has 2 fully saturated rings. The van der Waals surface area contributed by atoms with Crippen LogP contribution in [0.25, 0.3) is 0 Å². The summed E-state index contributed by atoms with van der Waals surface area (Å²) in [6, 6.07) is 7.09. The highest BCUT2D eigenvalue weighted by Gasteiger charge is 2.40. The van der Waals surface area contributed by atoms with E-state index in [0.29, 0.717) is 12.0 Å². The lowest BCUT2D eigenvalue weighted by molar-refractivity contribution is -0.131. The minimum Gasteiger partial charge on any atom is -0.374 e. The van der Waals surface area contributed by atoms with Crippen LogP contribution in [-0.4, -0.2) is 31.6 Å². The second-order valence-electron chi connectivity index (χ2n) is 8.07. The molecule has 4 atom stereocenters. The minimum absolute atomic E-state index is 0.0852. The zero-order valence-corrected chi connectivity index (χ0v) is 15.5. The molecule has 1 N–H and O–H groups in total. The van der Waals surface area contributed by atoms with E-state index >= 15 is 0 Å². The van der Waals surface area contributed by atoms with Crippen molar-refractivity contribution in [3.8, 4) is 0 Å². The topological polar surface area (TPSA) is 41.6 Å². The molecule has 136 valence electrons. The second-order valence-corrected chi connectivity index (χ2v) is 8.07. The summed E-state index contributed by atoms with van der Waals surface area (Å²) >= 11 is 0. The molecule has 1 aliphatic carbocycles. The Hall–Kier alpha value is -1.55. The standard InChI is InChI=1S/C21H30N2O2/c1-14(24)22-18-13-21(25-20-8-4-3-7-17(18)20)16-9-10-19-15(12-16)6-5-11-23(19)2/h9-10,12,17-18,20-21H,3-8,11,13H2,1-2H3,(H,22,24)/t17-,18+,20+,21+/m0/s1. The van der Waals surface area contributed by atoms with E-state index in [9.17, 15) is 4.79 Å². The fraction of sp³-hybridized carbons (Fsp3) is 0.667. The third kappa shape index (κ3) is 3.41. The lowest BCUT2D eigenvalue weighted by Crippen LogP contribution is -2.50. The molecule has 4 rings (SSSR count). The summed E-state index contributed by atoms with van der Waals surface area (Å²) in [4.78, 5) is 14.0. The lowest BCUT2D eigenvalue weighted by Gasteiger charge is -2.45. The molecule has 4 nitrogen and oxygen atoms in total. The van der Waals surface area contributed by atoms with Crippen molar-refractivity contribution < 1.29 is 9.53 Å². The number of fused-ring (bicyclic) bond motifs is 2. The highest BCUT2D eigenvalue weighted by Crippen LogP contribution is 2.42. The Balaban J connectivity index is 1.58. The maximum atomic E-state index is 11.7. The van der Waals surface area contributed by atoms with E-state index < -0.39 is 0 Å². The average Bonchev–Trinajstić information content (AvgIpc) is 2.61. The summed E-state index contributed by atoms with van der Waals surface area (Å²) in [7, 11) is 2.17. The van der Waals surface area contributed by atoms with Crippen LogP contribution in [0.15, 0.2) is 18.2 Å². The summed E-state index contributed by atoms with van der Waals surface area (Å²) < 4.78 is 6.54. The molecule has 1 aromatic rings. The summed E-state index contributed by atoms with van der Waals surface area (Å²) in [6.45, 7) is 2.78. The van der Waals surface area contributed by atoms with Crippen molar-refractivity contribution in [1.82, 2.24) is 5.32 Å². The molecule has 3 aliphatic rings. The van der Waals surface area contributed by atoms with E-state index in [4.69, 9.17) is 4.74 Å². The van der Waals surface area contributed by atoms with Crippen molar-refractivity contribution in [3.05, 3.63) is 29.3 Å². The van der Waals surface area contributed by atoms with Gasteiger partial charge < -0.3 is 15.0 Å². The molecule has 25 heavy (non-hydrogen) atoms. The van der Waals surface area contributed by atoms with Gasteiger partial charge in [0.1, 0.15) is 0 Å². The zero-order chi connectivity index (χ0) is 17.4. The number of aryl methyl sites for hydroxylation is 1. The number of anilines is 1. The fourth-order valence-electron chi connectivity index (χ4n) is 5.07. The first kappa shape index (κ1) is 16.9. The molecular weight excluding hydrogens is 312 g/mol. The molecule has 2 aliphatic heterocycles. The van der Waals surface area contributed by atoms with Crippen LogP contribution in [0, 0.1) is 5.92 Å². The number of amides is 1. The van der Waals surface area contributed by atoms with Gasteiger partial charge in [-0.3, -0.25) is 4.79 Å². The Bertz CT molecular complexity index is 645. The molecule has 1 amide bonds. The Kier molecular flexibility index (Phi) is 4.72. The van der Waals surface area contributed by atoms with Gasteiger partial charge in [0, 0.05) is 38.2 Å². The number of hydrogen-bond acceptors (Lipinski definition) is 3. The Morgan fingerprint density at radius 3 is 2.92 bits per heavy atom. The molecule has 0 bridgehead atoms. The largest absolute Gasteiger partial charge is 0.374 e. The number of hydrogen-bond donors (Lipinski definition) is 1. The van der Waals surface area contributed by atoms with Crippen LogP contribution < -0.4 is 10.2 Å². The fourth-order valence-corrected chi connectivity index (χ4v) is 5.07. The molecule has 1 saturated heterocycles. The first-order valence-corrected chi connectivity index (χ1v) is 9.88. The van der Waals surface area contributed by atoms with Gasteiger partial charge in [-0.15, -0.1) is 0 Å². The Labute approximate surface area is 150 Å². The van der Waals surface area contributed by atoms with Gasteiger partial charge in [0.2, 0.25) is 5.91 Å². The molecule has 1 saturated carbocycles. The highest BCUT2D eigenvalue weighted by atomic mass is 16.5. The van der Waals surface area contributed by atoms with Gasteiger partial charge in [0.15, 0.2) is 0 Å². The number of benzene rings is 1. The Morgan fingerprint density at radius 1 is 1.24 bits per heavy atom. The molecular formula is C21H30N2O2. The number of ether oxygens (including phenoxy) is 1. The van der Waals surface area contributed by atoms with Crippen molar-refractivity contribution in [2.75, 3.05) is 18.5 Å². The quantitative estimate of drug-likeness (QED) is 0.893. The minimum atomic E-state index is 0.0852. The van der Waals surface area contributed by atoms with E-state index in [1.54, 1.807) is 6.92 Å². The molecule has 0 unspecified atom stereocenters. The monoisotopic (exact) mass is 342 g/mol. The van der Waals surface area contributed by atoms with E-state index in [1.165, 1.54) is 42.5 Å². The predicted molar refractivity (Wildman–Crippen MR) is 99.8 cm³/mol. The number of rotatable bonds is 2. The van der Waals surface area contributed by atoms with Crippen LogP contribution in [0.2, 0.25) is 0 Å². The summed E-state index contributed by atoms with van der Waals surface area (Å²) in [5, 5.41) is 3.22. The van der Waals surface area contributed by atoms with Gasteiger partial charge >= 0.3 is 0 Å². The number of carbonyl (C=O) groups excluding carboxylic acids is 1. The summed E-state index contributed by atoms with van der Waals surface area (Å²) in [5.74, 6) is 0.569. The van der Waals surface area contributed by atoms with Crippen molar-refractivity contribution >= 4 is 11.6 Å². The van der Waals surface area contributed by atoms with Crippen LogP contribution in [0.3, 0.4) is 0 Å². The lowest BCUT2D eigenvalue weighted by atomic mass is 9.76. The van der Waals surface area contributed by atoms with Gasteiger partial charge in [-0.25, -0.2) is 0 Å². The highest BCUT2D eigenvalue weighted by molar-refractivity contribution is 5.73. The summed E-state index contributed by atoms with van der Waals surface area (Å²) in [6.07, 6.45) is 8.49. The molecule has 4 heteroatoms. The van der Waals surface area contributed by atoms with Gasteiger partial charge in [0.05, 0.1) is 12.2 Å². The summed E-state index contributed by atoms with van der Waals surface area (Å²) in [5.41, 5.74) is 4.09. The smallest absolute Gasteiger partial charge is 0.217 e. The molecule has 0 radical (unpaired) electrons. The SMILES string of the molecule is CC(=O)N[C@@H]1C[C@H](c2ccc3c(c2)CCCN3C)O[C@@H]2CCCC[C@@H]12. The van der Waals surface area contributed by atoms with Crippen molar-refractivity contribution in [2.24, 2.45) is 5.92 Å². The van der Waals surface area contributed by atoms with E-state index in [0.717, 1.165) is 25.8 Å². The van der Waals surface area contributed by atoms with Crippen LogP contribution in [0.1, 0.15) is 62.7 Å². The molecule has 2 heterocycles. The number of carbonyl (C=O) groups is 1. The van der Waals surface area contributed by atoms with Crippen LogP contribution >= 0.6 is 0 Å². The predicted octanol–water partition coefficient (Wildman–Crippen LogP) is 3.59. The van der Waals surface area contributed by atoms with E-state index in [1.807, 2.05) is 0 Å². The van der Waals surface area contributed by atoms with Crippen molar-refractivity contribution in [3.63, 3.8) is 0 Å². The van der Waals surface area contributed by atoms with E-state index in [2.05, 4.69) is 35.5 Å². The van der Waals surface area contributed by atoms with Gasteiger partial charge in [-0.05, 0) is 49.3 Å². The second kappa shape index (κ2) is 6.99. The van der Waals surface area contributed by atoms with Gasteiger partial charge in [0.25, 0.3) is 0 Å². The maximum Gasteiger partial charge on any atom is 0.217 e. The maximum absolute atomic E-state index is 11.7. The molecule has 1 aromatic carbocycles. The first-order valence-electron chi connectivity index (χ1n) is 9.88. The normalized spacial score (nSPS) is 31.8. The number of nitrogens with zero attached hydrogens (tertiary/aromatic N) is 1.